The number of aromatic nitrogens is 1. The number of amides is 1. The van der Waals surface area contributed by atoms with Crippen LogP contribution in [0.5, 0.6) is 5.75 Å². The van der Waals surface area contributed by atoms with Crippen molar-refractivity contribution >= 4 is 17.3 Å². The Bertz CT molecular complexity index is 659. The van der Waals surface area contributed by atoms with Gasteiger partial charge in [0.1, 0.15) is 11.5 Å². The Balaban J connectivity index is 1.99. The fourth-order valence-corrected chi connectivity index (χ4v) is 2.28. The van der Waals surface area contributed by atoms with E-state index >= 15 is 0 Å². The number of nitrogens with two attached hydrogens (primary N) is 1. The summed E-state index contributed by atoms with van der Waals surface area (Å²) < 4.78 is 10.6. The number of nitrogen functional groups attached to an aromatic ring is 1. The number of carbonyl (C=O) groups is 1. The van der Waals surface area contributed by atoms with Crippen molar-refractivity contribution in [1.82, 2.24) is 5.16 Å². The summed E-state index contributed by atoms with van der Waals surface area (Å²) in [5.41, 5.74) is 8.77. The summed E-state index contributed by atoms with van der Waals surface area (Å²) in [4.78, 5) is 13.8. The zero-order chi connectivity index (χ0) is 14.3. The Kier molecular flexibility index (Phi) is 2.85. The molecular formula is C14H15N3O3. The number of hydrogen-bond acceptors (Lipinski definition) is 5. The third-order valence-electron chi connectivity index (χ3n) is 3.42. The van der Waals surface area contributed by atoms with Crippen molar-refractivity contribution in [3.8, 4) is 5.75 Å². The fourth-order valence-electron chi connectivity index (χ4n) is 2.28. The lowest BCUT2D eigenvalue weighted by Gasteiger charge is -2.29. The maximum Gasteiger partial charge on any atom is 0.265 e. The summed E-state index contributed by atoms with van der Waals surface area (Å²) in [5, 5.41) is 3.91. The van der Waals surface area contributed by atoms with Crippen LogP contribution in [-0.4, -0.2) is 17.7 Å². The molecule has 0 radical (unpaired) electrons. The number of hydrogen-bond donors (Lipinski definition) is 1. The Labute approximate surface area is 116 Å². The van der Waals surface area contributed by atoms with Gasteiger partial charge in [0, 0.05) is 17.3 Å². The van der Waals surface area contributed by atoms with Crippen LogP contribution < -0.4 is 15.4 Å². The predicted octanol–water partition coefficient (Wildman–Crippen LogP) is 1.80. The third-order valence-corrected chi connectivity index (χ3v) is 3.42. The maximum absolute atomic E-state index is 12.1. The molecule has 1 aliphatic heterocycles. The second-order valence-electron chi connectivity index (χ2n) is 4.80. The number of carbonyl (C=O) groups excluding carboxylic acids is 1. The van der Waals surface area contributed by atoms with Crippen LogP contribution in [0, 0.1) is 13.8 Å². The molecule has 0 saturated carbocycles. The van der Waals surface area contributed by atoms with Crippen LogP contribution in [0.4, 0.5) is 11.4 Å². The molecule has 0 atom stereocenters. The quantitative estimate of drug-likeness (QED) is 0.844. The van der Waals surface area contributed by atoms with E-state index in [9.17, 15) is 4.79 Å². The van der Waals surface area contributed by atoms with Crippen molar-refractivity contribution in [2.45, 2.75) is 20.4 Å². The lowest BCUT2D eigenvalue weighted by atomic mass is 10.1. The van der Waals surface area contributed by atoms with Crippen molar-refractivity contribution in [3.05, 3.63) is 35.2 Å². The Morgan fingerprint density at radius 2 is 2.20 bits per heavy atom. The van der Waals surface area contributed by atoms with Gasteiger partial charge in [-0.05, 0) is 26.0 Å². The van der Waals surface area contributed by atoms with Gasteiger partial charge in [-0.2, -0.15) is 0 Å². The van der Waals surface area contributed by atoms with E-state index in [-0.39, 0.29) is 12.5 Å². The first-order valence-electron chi connectivity index (χ1n) is 6.30. The summed E-state index contributed by atoms with van der Waals surface area (Å²) in [7, 11) is 0. The van der Waals surface area contributed by atoms with Crippen LogP contribution in [0.2, 0.25) is 0 Å². The first-order valence-corrected chi connectivity index (χ1v) is 6.30. The van der Waals surface area contributed by atoms with Gasteiger partial charge in [-0.3, -0.25) is 4.79 Å². The van der Waals surface area contributed by atoms with Gasteiger partial charge in [0.2, 0.25) is 0 Å². The van der Waals surface area contributed by atoms with Crippen molar-refractivity contribution in [3.63, 3.8) is 0 Å². The van der Waals surface area contributed by atoms with Crippen LogP contribution in [-0.2, 0) is 11.3 Å². The summed E-state index contributed by atoms with van der Waals surface area (Å²) in [5.74, 6) is 1.25. The monoisotopic (exact) mass is 273 g/mol. The molecule has 0 saturated heterocycles. The number of anilines is 2. The highest BCUT2D eigenvalue weighted by atomic mass is 16.5. The lowest BCUT2D eigenvalue weighted by molar-refractivity contribution is -0.121. The average Bonchev–Trinajstić information content (AvgIpc) is 2.73. The Hall–Kier alpha value is -2.50. The second kappa shape index (κ2) is 4.56. The normalized spacial score (nSPS) is 14.1. The smallest absolute Gasteiger partial charge is 0.265 e. The summed E-state index contributed by atoms with van der Waals surface area (Å²) in [6, 6.07) is 5.27. The number of aryl methyl sites for hydroxylation is 2. The largest absolute Gasteiger partial charge is 0.481 e. The highest BCUT2D eigenvalue weighted by Crippen LogP contribution is 2.35. The number of benzene rings is 1. The Morgan fingerprint density at radius 1 is 1.40 bits per heavy atom. The second-order valence-corrected chi connectivity index (χ2v) is 4.80. The van der Waals surface area contributed by atoms with Gasteiger partial charge in [-0.15, -0.1) is 0 Å². The van der Waals surface area contributed by atoms with Crippen LogP contribution >= 0.6 is 0 Å². The molecule has 1 aromatic carbocycles. The number of nitrogens with zero attached hydrogens (tertiary/aromatic N) is 2. The molecule has 20 heavy (non-hydrogen) atoms. The highest BCUT2D eigenvalue weighted by Gasteiger charge is 2.27. The standard InChI is InChI=1S/C14H15N3O3/c1-8-11(9(2)20-16-8)6-17-12-4-3-10(15)5-13(12)19-7-14(17)18/h3-5H,6-7,15H2,1-2H3. The van der Waals surface area contributed by atoms with Gasteiger partial charge in [0.25, 0.3) is 5.91 Å². The van der Waals surface area contributed by atoms with E-state index in [4.69, 9.17) is 15.0 Å². The first kappa shape index (κ1) is 12.5. The number of ether oxygens (including phenoxy) is 1. The molecule has 0 aliphatic carbocycles. The van der Waals surface area contributed by atoms with E-state index in [0.29, 0.717) is 18.0 Å². The van der Waals surface area contributed by atoms with E-state index in [1.807, 2.05) is 13.8 Å². The van der Waals surface area contributed by atoms with Crippen LogP contribution in [0.15, 0.2) is 22.7 Å². The number of fused-ring (bicyclic) bond motifs is 1. The summed E-state index contributed by atoms with van der Waals surface area (Å²) >= 11 is 0. The lowest BCUT2D eigenvalue weighted by Crippen LogP contribution is -2.38. The van der Waals surface area contributed by atoms with Gasteiger partial charge in [0.15, 0.2) is 6.61 Å². The van der Waals surface area contributed by atoms with Crippen molar-refractivity contribution < 1.29 is 14.1 Å². The van der Waals surface area contributed by atoms with Gasteiger partial charge >= 0.3 is 0 Å². The van der Waals surface area contributed by atoms with Gasteiger partial charge in [-0.1, -0.05) is 5.16 Å². The third kappa shape index (κ3) is 1.99. The van der Waals surface area contributed by atoms with Crippen LogP contribution in [0.1, 0.15) is 17.0 Å². The zero-order valence-corrected chi connectivity index (χ0v) is 11.3. The molecule has 104 valence electrons. The van der Waals surface area contributed by atoms with E-state index in [0.717, 1.165) is 22.7 Å². The SMILES string of the molecule is Cc1noc(C)c1CN1C(=O)COc2cc(N)ccc21. The van der Waals surface area contributed by atoms with Gasteiger partial charge < -0.3 is 19.9 Å². The van der Waals surface area contributed by atoms with E-state index in [2.05, 4.69) is 5.16 Å². The van der Waals surface area contributed by atoms with Crippen molar-refractivity contribution in [2.24, 2.45) is 0 Å². The molecule has 0 spiro atoms. The predicted molar refractivity (Wildman–Crippen MR) is 73.5 cm³/mol. The van der Waals surface area contributed by atoms with E-state index < -0.39 is 0 Å². The molecule has 0 fully saturated rings. The maximum atomic E-state index is 12.1. The highest BCUT2D eigenvalue weighted by molar-refractivity contribution is 5.98. The minimum Gasteiger partial charge on any atom is -0.481 e. The minimum atomic E-state index is -0.0951. The summed E-state index contributed by atoms with van der Waals surface area (Å²) in [6.45, 7) is 4.13. The minimum absolute atomic E-state index is 0.0137. The molecule has 2 aromatic rings. The molecule has 6 heteroatoms. The molecular weight excluding hydrogens is 258 g/mol. The molecule has 1 aromatic heterocycles. The van der Waals surface area contributed by atoms with Crippen molar-refractivity contribution in [1.29, 1.82) is 0 Å². The molecule has 1 amide bonds. The molecule has 2 heterocycles. The van der Waals surface area contributed by atoms with E-state index in [1.165, 1.54) is 0 Å². The zero-order valence-electron chi connectivity index (χ0n) is 11.3. The molecule has 0 bridgehead atoms. The molecule has 0 unspecified atom stereocenters. The Morgan fingerprint density at radius 3 is 2.90 bits per heavy atom. The molecule has 1 aliphatic rings. The average molecular weight is 273 g/mol. The van der Waals surface area contributed by atoms with Crippen LogP contribution in [0.25, 0.3) is 0 Å². The van der Waals surface area contributed by atoms with Gasteiger partial charge in [-0.25, -0.2) is 0 Å². The molecule has 2 N–H and O–H groups in total. The number of rotatable bonds is 2. The molecule has 6 nitrogen and oxygen atoms in total. The van der Waals surface area contributed by atoms with Gasteiger partial charge in [0.05, 0.1) is 17.9 Å². The fraction of sp³-hybridized carbons (Fsp3) is 0.286. The topological polar surface area (TPSA) is 81.6 Å². The summed E-state index contributed by atoms with van der Waals surface area (Å²) in [6.07, 6.45) is 0. The van der Waals surface area contributed by atoms with Crippen molar-refractivity contribution in [2.75, 3.05) is 17.2 Å². The molecule has 3 rings (SSSR count). The first-order chi connectivity index (χ1) is 9.56. The van der Waals surface area contributed by atoms with E-state index in [1.54, 1.807) is 23.1 Å². The van der Waals surface area contributed by atoms with Crippen LogP contribution in [0.3, 0.4) is 0 Å².